The monoisotopic (exact) mass is 578 g/mol. The van der Waals surface area contributed by atoms with E-state index in [1.807, 2.05) is 24.0 Å². The molecule has 0 aliphatic carbocycles. The number of furan rings is 1. The van der Waals surface area contributed by atoms with Crippen LogP contribution in [0.5, 0.6) is 0 Å². The minimum atomic E-state index is -0.514. The topological polar surface area (TPSA) is 77.8 Å². The van der Waals surface area contributed by atoms with Crippen LogP contribution in [0.4, 0.5) is 11.4 Å². The van der Waals surface area contributed by atoms with Crippen LogP contribution in [0.15, 0.2) is 52.9 Å². The number of halogens is 3. The minimum absolute atomic E-state index is 0.0696. The van der Waals surface area contributed by atoms with Crippen molar-refractivity contribution in [1.29, 1.82) is 0 Å². The third-order valence-corrected chi connectivity index (χ3v) is 7.24. The van der Waals surface area contributed by atoms with Crippen LogP contribution in [0.25, 0.3) is 11.3 Å². The first-order chi connectivity index (χ1) is 17.8. The molecule has 1 fully saturated rings. The Balaban J connectivity index is 1.33. The van der Waals surface area contributed by atoms with Crippen molar-refractivity contribution in [3.8, 4) is 11.3 Å². The van der Waals surface area contributed by atoms with Gasteiger partial charge in [-0.25, -0.2) is 0 Å². The van der Waals surface area contributed by atoms with Gasteiger partial charge in [0, 0.05) is 43.9 Å². The van der Waals surface area contributed by atoms with Gasteiger partial charge in [0.05, 0.1) is 20.8 Å². The summed E-state index contributed by atoms with van der Waals surface area (Å²) in [6.07, 6.45) is 1.43. The number of thiocarbonyl (C=S) groups is 1. The van der Waals surface area contributed by atoms with Gasteiger partial charge < -0.3 is 19.5 Å². The van der Waals surface area contributed by atoms with E-state index in [-0.39, 0.29) is 16.8 Å². The molecule has 3 aromatic rings. The molecule has 7 nitrogen and oxygen atoms in total. The number of benzene rings is 2. The third kappa shape index (κ3) is 6.57. The Kier molecular flexibility index (Phi) is 8.97. The summed E-state index contributed by atoms with van der Waals surface area (Å²) in [6.45, 7) is 4.77. The summed E-state index contributed by atoms with van der Waals surface area (Å²) >= 11 is 24.2. The third-order valence-electron chi connectivity index (χ3n) is 5.92. The summed E-state index contributed by atoms with van der Waals surface area (Å²) in [4.78, 5) is 28.8. The highest BCUT2D eigenvalue weighted by atomic mass is 35.5. The number of hydrogen-bond acceptors (Lipinski definition) is 5. The van der Waals surface area contributed by atoms with Gasteiger partial charge >= 0.3 is 0 Å². The highest BCUT2D eigenvalue weighted by molar-refractivity contribution is 7.80. The SMILES string of the molecule is CCCC(=O)N1CCN(c2ccc(NC(=S)NC(=O)c3ccc(-c4cccc(Cl)c4Cl)o3)cc2Cl)CC1. The van der Waals surface area contributed by atoms with Crippen molar-refractivity contribution in [3.05, 3.63) is 69.4 Å². The Morgan fingerprint density at radius 3 is 2.46 bits per heavy atom. The molecule has 1 aliphatic rings. The lowest BCUT2D eigenvalue weighted by atomic mass is 10.2. The van der Waals surface area contributed by atoms with Gasteiger partial charge in [0.25, 0.3) is 5.91 Å². The molecule has 2 heterocycles. The maximum atomic E-state index is 12.6. The molecule has 0 unspecified atom stereocenters. The Bertz CT molecular complexity index is 1320. The maximum absolute atomic E-state index is 12.6. The van der Waals surface area contributed by atoms with Gasteiger partial charge in [0.2, 0.25) is 5.91 Å². The van der Waals surface area contributed by atoms with Gasteiger partial charge in [0.1, 0.15) is 5.76 Å². The van der Waals surface area contributed by atoms with E-state index >= 15 is 0 Å². The molecule has 0 bridgehead atoms. The molecule has 0 saturated carbocycles. The number of piperazine rings is 1. The normalized spacial score (nSPS) is 13.4. The average Bonchev–Trinajstić information content (AvgIpc) is 3.36. The molecule has 0 atom stereocenters. The van der Waals surface area contributed by atoms with E-state index in [0.29, 0.717) is 64.7 Å². The number of hydrogen-bond donors (Lipinski definition) is 2. The predicted molar refractivity (Wildman–Crippen MR) is 153 cm³/mol. The largest absolute Gasteiger partial charge is 0.451 e. The number of rotatable bonds is 6. The number of nitrogens with zero attached hydrogens (tertiary/aromatic N) is 2. The van der Waals surface area contributed by atoms with E-state index in [0.717, 1.165) is 12.1 Å². The lowest BCUT2D eigenvalue weighted by Crippen LogP contribution is -2.48. The first-order valence-electron chi connectivity index (χ1n) is 11.8. The van der Waals surface area contributed by atoms with E-state index in [1.165, 1.54) is 6.07 Å². The molecule has 194 valence electrons. The van der Waals surface area contributed by atoms with Gasteiger partial charge in [-0.2, -0.15) is 0 Å². The van der Waals surface area contributed by atoms with Gasteiger partial charge in [-0.15, -0.1) is 0 Å². The second-order valence-electron chi connectivity index (χ2n) is 8.46. The maximum Gasteiger partial charge on any atom is 0.293 e. The predicted octanol–water partition coefficient (Wildman–Crippen LogP) is 6.48. The lowest BCUT2D eigenvalue weighted by Gasteiger charge is -2.36. The summed E-state index contributed by atoms with van der Waals surface area (Å²) in [6, 6.07) is 13.8. The summed E-state index contributed by atoms with van der Waals surface area (Å²) in [5, 5.41) is 6.93. The molecule has 0 radical (unpaired) electrons. The molecule has 2 N–H and O–H groups in total. The quantitative estimate of drug-likeness (QED) is 0.326. The van der Waals surface area contributed by atoms with E-state index in [1.54, 1.807) is 30.3 Å². The van der Waals surface area contributed by atoms with Crippen LogP contribution in [0.2, 0.25) is 15.1 Å². The molecule has 1 aromatic heterocycles. The first-order valence-corrected chi connectivity index (χ1v) is 13.3. The van der Waals surface area contributed by atoms with Gasteiger partial charge in [-0.05, 0) is 61.1 Å². The van der Waals surface area contributed by atoms with E-state index in [4.69, 9.17) is 51.4 Å². The molecule has 1 saturated heterocycles. The van der Waals surface area contributed by atoms with Crippen molar-refractivity contribution >= 4 is 75.3 Å². The van der Waals surface area contributed by atoms with Crippen molar-refractivity contribution in [2.24, 2.45) is 0 Å². The summed E-state index contributed by atoms with van der Waals surface area (Å²) in [5.74, 6) is 0.164. The van der Waals surface area contributed by atoms with Crippen LogP contribution >= 0.6 is 47.0 Å². The van der Waals surface area contributed by atoms with Crippen molar-refractivity contribution in [3.63, 3.8) is 0 Å². The number of carbonyl (C=O) groups is 2. The zero-order valence-corrected chi connectivity index (χ0v) is 23.1. The van der Waals surface area contributed by atoms with Gasteiger partial charge in [-0.3, -0.25) is 14.9 Å². The lowest BCUT2D eigenvalue weighted by molar-refractivity contribution is -0.131. The smallest absolute Gasteiger partial charge is 0.293 e. The number of carbonyl (C=O) groups excluding carboxylic acids is 2. The van der Waals surface area contributed by atoms with Crippen molar-refractivity contribution < 1.29 is 14.0 Å². The molecule has 11 heteroatoms. The Labute approximate surface area is 235 Å². The van der Waals surface area contributed by atoms with Crippen LogP contribution in [-0.4, -0.2) is 48.0 Å². The van der Waals surface area contributed by atoms with Crippen molar-refractivity contribution in [1.82, 2.24) is 10.2 Å². The first kappa shape index (κ1) is 27.3. The highest BCUT2D eigenvalue weighted by Gasteiger charge is 2.22. The second kappa shape index (κ2) is 12.2. The Hall–Kier alpha value is -2.78. The molecule has 4 rings (SSSR count). The number of amides is 2. The minimum Gasteiger partial charge on any atom is -0.451 e. The zero-order valence-electron chi connectivity index (χ0n) is 20.0. The standard InChI is InChI=1S/C26H25Cl3N4O3S/c1-2-4-23(34)33-13-11-32(12-14-33)20-8-7-16(15-19(20)28)30-26(37)31-25(35)22-10-9-21(36-22)17-5-3-6-18(27)24(17)29/h3,5-10,15H,2,4,11-14H2,1H3,(H2,30,31,35,37). The fourth-order valence-corrected chi connectivity index (χ4v) is 4.94. The van der Waals surface area contributed by atoms with Crippen LogP contribution in [0.1, 0.15) is 30.3 Å². The van der Waals surface area contributed by atoms with E-state index in [2.05, 4.69) is 15.5 Å². The van der Waals surface area contributed by atoms with Crippen LogP contribution in [0.3, 0.4) is 0 Å². The zero-order chi connectivity index (χ0) is 26.5. The number of nitrogens with one attached hydrogen (secondary N) is 2. The molecular formula is C26H25Cl3N4O3S. The summed E-state index contributed by atoms with van der Waals surface area (Å²) in [7, 11) is 0. The van der Waals surface area contributed by atoms with Crippen LogP contribution in [0, 0.1) is 0 Å². The summed E-state index contributed by atoms with van der Waals surface area (Å²) < 4.78 is 5.66. The fourth-order valence-electron chi connectivity index (χ4n) is 4.04. The van der Waals surface area contributed by atoms with E-state index in [9.17, 15) is 9.59 Å². The van der Waals surface area contributed by atoms with Crippen molar-refractivity contribution in [2.45, 2.75) is 19.8 Å². The molecule has 0 spiro atoms. The summed E-state index contributed by atoms with van der Waals surface area (Å²) in [5.41, 5.74) is 2.09. The second-order valence-corrected chi connectivity index (χ2v) is 10.1. The molecule has 1 aliphatic heterocycles. The van der Waals surface area contributed by atoms with Gasteiger partial charge in [0.15, 0.2) is 10.9 Å². The van der Waals surface area contributed by atoms with E-state index < -0.39 is 5.91 Å². The van der Waals surface area contributed by atoms with Crippen LogP contribution in [-0.2, 0) is 4.79 Å². The van der Waals surface area contributed by atoms with Crippen molar-refractivity contribution in [2.75, 3.05) is 36.4 Å². The Morgan fingerprint density at radius 2 is 1.76 bits per heavy atom. The molecule has 2 aromatic carbocycles. The molecular weight excluding hydrogens is 555 g/mol. The molecule has 37 heavy (non-hydrogen) atoms. The fraction of sp³-hybridized carbons (Fsp3) is 0.269. The molecule has 2 amide bonds. The number of anilines is 2. The van der Waals surface area contributed by atoms with Crippen LogP contribution < -0.4 is 15.5 Å². The Morgan fingerprint density at radius 1 is 1.00 bits per heavy atom. The highest BCUT2D eigenvalue weighted by Crippen LogP contribution is 2.34. The van der Waals surface area contributed by atoms with Gasteiger partial charge in [-0.1, -0.05) is 47.8 Å². The average molecular weight is 580 g/mol.